The first-order chi connectivity index (χ1) is 9.44. The summed E-state index contributed by atoms with van der Waals surface area (Å²) >= 11 is 0. The molecule has 0 aromatic heterocycles. The summed E-state index contributed by atoms with van der Waals surface area (Å²) in [6, 6.07) is 3.66. The van der Waals surface area contributed by atoms with Gasteiger partial charge in [-0.3, -0.25) is 4.79 Å². The van der Waals surface area contributed by atoms with Gasteiger partial charge in [-0.05, 0) is 12.1 Å². The van der Waals surface area contributed by atoms with Gasteiger partial charge in [0, 0.05) is 17.8 Å². The van der Waals surface area contributed by atoms with Crippen molar-refractivity contribution in [3.63, 3.8) is 0 Å². The maximum atomic E-state index is 12.9. The van der Waals surface area contributed by atoms with Crippen LogP contribution in [-0.4, -0.2) is 31.5 Å². The van der Waals surface area contributed by atoms with Gasteiger partial charge in [0.2, 0.25) is 5.91 Å². The molecule has 1 aromatic carbocycles. The van der Waals surface area contributed by atoms with Gasteiger partial charge >= 0.3 is 6.29 Å². The fourth-order valence-corrected chi connectivity index (χ4v) is 2.10. The van der Waals surface area contributed by atoms with E-state index in [2.05, 4.69) is 14.8 Å². The molecule has 2 atom stereocenters. The van der Waals surface area contributed by atoms with Crippen LogP contribution in [0.5, 0.6) is 11.5 Å². The molecule has 0 saturated carbocycles. The second-order valence-corrected chi connectivity index (χ2v) is 4.63. The number of hydrogen-bond acceptors (Lipinski definition) is 5. The van der Waals surface area contributed by atoms with E-state index in [1.807, 2.05) is 0 Å². The fourth-order valence-electron chi connectivity index (χ4n) is 2.10. The number of nitrogens with two attached hydrogens (primary N) is 1. The predicted molar refractivity (Wildman–Crippen MR) is 63.6 cm³/mol. The molecule has 2 aliphatic rings. The molecule has 3 N–H and O–H groups in total. The van der Waals surface area contributed by atoms with Crippen LogP contribution in [-0.2, 0) is 9.53 Å². The number of alkyl halides is 2. The first-order valence-electron chi connectivity index (χ1n) is 5.99. The zero-order valence-electron chi connectivity index (χ0n) is 10.3. The molecule has 2 unspecified atom stereocenters. The van der Waals surface area contributed by atoms with Crippen molar-refractivity contribution in [2.45, 2.75) is 12.3 Å². The Morgan fingerprint density at radius 1 is 1.30 bits per heavy atom. The van der Waals surface area contributed by atoms with Gasteiger partial charge in [-0.25, -0.2) is 0 Å². The van der Waals surface area contributed by atoms with E-state index in [0.717, 1.165) is 0 Å². The molecule has 1 saturated heterocycles. The molecule has 2 heterocycles. The highest BCUT2D eigenvalue weighted by Crippen LogP contribution is 2.42. The van der Waals surface area contributed by atoms with Crippen LogP contribution in [0, 0.1) is 5.92 Å². The Kier molecular flexibility index (Phi) is 2.98. The summed E-state index contributed by atoms with van der Waals surface area (Å²) < 4.78 is 39.4. The predicted octanol–water partition coefficient (Wildman–Crippen LogP) is 0.920. The first kappa shape index (κ1) is 13.1. The summed E-state index contributed by atoms with van der Waals surface area (Å²) in [6.07, 6.45) is -3.67. The molecular weight excluding hydrogens is 274 g/mol. The van der Waals surface area contributed by atoms with E-state index in [1.165, 1.54) is 18.2 Å². The number of anilines is 1. The summed E-state index contributed by atoms with van der Waals surface area (Å²) in [6.45, 7) is 0.571. The Morgan fingerprint density at radius 3 is 2.75 bits per heavy atom. The monoisotopic (exact) mass is 286 g/mol. The summed E-state index contributed by atoms with van der Waals surface area (Å²) in [5.74, 6) is -0.976. The van der Waals surface area contributed by atoms with Crippen molar-refractivity contribution in [3.8, 4) is 11.5 Å². The smallest absolute Gasteiger partial charge is 0.395 e. The van der Waals surface area contributed by atoms with Crippen LogP contribution < -0.4 is 20.5 Å². The summed E-state index contributed by atoms with van der Waals surface area (Å²) in [5, 5.41) is 2.59. The number of fused-ring (bicyclic) bond motifs is 1. The van der Waals surface area contributed by atoms with Crippen molar-refractivity contribution >= 4 is 11.6 Å². The van der Waals surface area contributed by atoms with Crippen LogP contribution >= 0.6 is 0 Å². The number of benzene rings is 1. The van der Waals surface area contributed by atoms with Gasteiger partial charge in [0.15, 0.2) is 11.5 Å². The standard InChI is InChI=1S/C12H12F2N2O4/c13-12(14)19-9-2-1-6(3-10(9)20-12)16-11(17)7-4-18-5-8(7)15/h1-3,7-8H,4-5,15H2,(H,16,17). The van der Waals surface area contributed by atoms with E-state index in [9.17, 15) is 13.6 Å². The Balaban J connectivity index is 1.72. The van der Waals surface area contributed by atoms with Crippen molar-refractivity contribution in [1.82, 2.24) is 0 Å². The highest BCUT2D eigenvalue weighted by atomic mass is 19.3. The zero-order chi connectivity index (χ0) is 14.3. The van der Waals surface area contributed by atoms with E-state index in [1.54, 1.807) is 0 Å². The molecule has 0 aliphatic carbocycles. The third kappa shape index (κ3) is 2.39. The minimum atomic E-state index is -3.67. The highest BCUT2D eigenvalue weighted by Gasteiger charge is 2.43. The maximum Gasteiger partial charge on any atom is 0.586 e. The van der Waals surface area contributed by atoms with Gasteiger partial charge < -0.3 is 25.3 Å². The average molecular weight is 286 g/mol. The molecule has 20 heavy (non-hydrogen) atoms. The summed E-state index contributed by atoms with van der Waals surface area (Å²) in [4.78, 5) is 12.0. The van der Waals surface area contributed by atoms with Crippen LogP contribution in [0.15, 0.2) is 18.2 Å². The lowest BCUT2D eigenvalue weighted by atomic mass is 10.0. The molecule has 0 spiro atoms. The van der Waals surface area contributed by atoms with Gasteiger partial charge in [0.05, 0.1) is 19.1 Å². The van der Waals surface area contributed by atoms with Crippen LogP contribution in [0.2, 0.25) is 0 Å². The topological polar surface area (TPSA) is 82.8 Å². The lowest BCUT2D eigenvalue weighted by Crippen LogP contribution is -2.37. The molecule has 108 valence electrons. The van der Waals surface area contributed by atoms with Crippen molar-refractivity contribution in [3.05, 3.63) is 18.2 Å². The van der Waals surface area contributed by atoms with Gasteiger partial charge in [-0.2, -0.15) is 0 Å². The second kappa shape index (κ2) is 4.57. The van der Waals surface area contributed by atoms with E-state index in [-0.39, 0.29) is 30.1 Å². The van der Waals surface area contributed by atoms with Gasteiger partial charge in [-0.1, -0.05) is 0 Å². The van der Waals surface area contributed by atoms with Crippen molar-refractivity contribution in [2.24, 2.45) is 11.7 Å². The molecule has 1 aromatic rings. The fraction of sp³-hybridized carbons (Fsp3) is 0.417. The molecule has 8 heteroatoms. The Bertz CT molecular complexity index is 552. The Labute approximate surface area is 112 Å². The lowest BCUT2D eigenvalue weighted by molar-refractivity contribution is -0.286. The number of carbonyl (C=O) groups excluding carboxylic acids is 1. The van der Waals surface area contributed by atoms with Crippen molar-refractivity contribution in [2.75, 3.05) is 18.5 Å². The Morgan fingerprint density at radius 2 is 2.05 bits per heavy atom. The normalized spacial score (nSPS) is 26.6. The molecule has 2 aliphatic heterocycles. The number of halogens is 2. The van der Waals surface area contributed by atoms with Gasteiger partial charge in [0.25, 0.3) is 0 Å². The molecule has 0 bridgehead atoms. The van der Waals surface area contributed by atoms with Crippen LogP contribution in [0.3, 0.4) is 0 Å². The van der Waals surface area contributed by atoms with Crippen LogP contribution in [0.25, 0.3) is 0 Å². The number of carbonyl (C=O) groups is 1. The van der Waals surface area contributed by atoms with E-state index >= 15 is 0 Å². The Hall–Kier alpha value is -1.93. The molecule has 0 radical (unpaired) electrons. The van der Waals surface area contributed by atoms with E-state index in [0.29, 0.717) is 12.3 Å². The van der Waals surface area contributed by atoms with Gasteiger partial charge in [0.1, 0.15) is 0 Å². The number of rotatable bonds is 2. The molecule has 1 amide bonds. The maximum absolute atomic E-state index is 12.9. The molecular formula is C12H12F2N2O4. The number of hydrogen-bond donors (Lipinski definition) is 2. The van der Waals surface area contributed by atoms with Crippen molar-refractivity contribution < 1.29 is 27.8 Å². The third-order valence-corrected chi connectivity index (χ3v) is 3.13. The van der Waals surface area contributed by atoms with E-state index in [4.69, 9.17) is 10.5 Å². The summed E-state index contributed by atoms with van der Waals surface area (Å²) in [7, 11) is 0. The molecule has 1 fully saturated rings. The molecule has 6 nitrogen and oxygen atoms in total. The van der Waals surface area contributed by atoms with Crippen LogP contribution in [0.4, 0.5) is 14.5 Å². The quantitative estimate of drug-likeness (QED) is 0.844. The van der Waals surface area contributed by atoms with Crippen molar-refractivity contribution in [1.29, 1.82) is 0 Å². The van der Waals surface area contributed by atoms with Crippen LogP contribution in [0.1, 0.15) is 0 Å². The van der Waals surface area contributed by atoms with Gasteiger partial charge in [-0.15, -0.1) is 8.78 Å². The zero-order valence-corrected chi connectivity index (χ0v) is 10.3. The number of ether oxygens (including phenoxy) is 3. The number of nitrogens with one attached hydrogen (secondary N) is 1. The highest BCUT2D eigenvalue weighted by molar-refractivity contribution is 5.93. The lowest BCUT2D eigenvalue weighted by Gasteiger charge is -2.13. The summed E-state index contributed by atoms with van der Waals surface area (Å²) in [5.41, 5.74) is 6.06. The molecule has 3 rings (SSSR count). The first-order valence-corrected chi connectivity index (χ1v) is 5.99. The largest absolute Gasteiger partial charge is 0.586 e. The average Bonchev–Trinajstić information content (AvgIpc) is 2.90. The minimum absolute atomic E-state index is 0.0751. The van der Waals surface area contributed by atoms with E-state index < -0.39 is 12.2 Å². The minimum Gasteiger partial charge on any atom is -0.395 e. The second-order valence-electron chi connectivity index (χ2n) is 4.63. The SMILES string of the molecule is NC1COCC1C(=O)Nc1ccc2c(c1)OC(F)(F)O2. The number of amides is 1. The third-order valence-electron chi connectivity index (χ3n) is 3.13.